The number of amides is 1. The molecule has 1 heterocycles. The maximum atomic E-state index is 11.9. The number of nitrogens with two attached hydrogens (primary N) is 1. The number of nitrogens with one attached hydrogen (secondary N) is 1. The molecule has 1 aliphatic rings. The summed E-state index contributed by atoms with van der Waals surface area (Å²) in [6, 6.07) is 7.81. The summed E-state index contributed by atoms with van der Waals surface area (Å²) < 4.78 is 0.952. The number of carbonyl (C=O) groups excluding carboxylic acids is 1. The number of piperidine rings is 1. The van der Waals surface area contributed by atoms with Crippen molar-refractivity contribution in [2.24, 2.45) is 5.73 Å². The van der Waals surface area contributed by atoms with Crippen molar-refractivity contribution in [3.63, 3.8) is 0 Å². The van der Waals surface area contributed by atoms with Gasteiger partial charge in [0, 0.05) is 23.2 Å². The summed E-state index contributed by atoms with van der Waals surface area (Å²) in [6.07, 6.45) is 1.50. The standard InChI is InChI=1S/C14H20BrN3O/c1-2-18-9-7-14(8-10-18,13(16)19)17-12-6-4-3-5-11(12)15/h3-6,17H,2,7-10H2,1H3,(H2,16,19). The van der Waals surface area contributed by atoms with Crippen molar-refractivity contribution in [1.29, 1.82) is 0 Å². The van der Waals surface area contributed by atoms with Crippen molar-refractivity contribution in [3.05, 3.63) is 28.7 Å². The van der Waals surface area contributed by atoms with Gasteiger partial charge in [0.15, 0.2) is 0 Å². The quantitative estimate of drug-likeness (QED) is 0.892. The maximum Gasteiger partial charge on any atom is 0.243 e. The normalized spacial score (nSPS) is 19.1. The van der Waals surface area contributed by atoms with E-state index in [9.17, 15) is 4.79 Å². The molecule has 19 heavy (non-hydrogen) atoms. The smallest absolute Gasteiger partial charge is 0.243 e. The van der Waals surface area contributed by atoms with E-state index in [1.807, 2.05) is 24.3 Å². The van der Waals surface area contributed by atoms with Crippen LogP contribution in [0.4, 0.5) is 5.69 Å². The first-order chi connectivity index (χ1) is 9.07. The van der Waals surface area contributed by atoms with Crippen molar-refractivity contribution >= 4 is 27.5 Å². The second kappa shape index (κ2) is 5.92. The van der Waals surface area contributed by atoms with Crippen molar-refractivity contribution in [1.82, 2.24) is 4.90 Å². The number of hydrogen-bond donors (Lipinski definition) is 2. The Hall–Kier alpha value is -1.07. The van der Waals surface area contributed by atoms with Gasteiger partial charge < -0.3 is 16.0 Å². The molecule has 0 aliphatic carbocycles. The minimum atomic E-state index is -0.629. The lowest BCUT2D eigenvalue weighted by atomic mass is 9.86. The minimum absolute atomic E-state index is 0.265. The van der Waals surface area contributed by atoms with E-state index in [-0.39, 0.29) is 5.91 Å². The van der Waals surface area contributed by atoms with E-state index in [1.54, 1.807) is 0 Å². The highest BCUT2D eigenvalue weighted by molar-refractivity contribution is 9.10. The van der Waals surface area contributed by atoms with E-state index >= 15 is 0 Å². The van der Waals surface area contributed by atoms with Gasteiger partial charge in [-0.2, -0.15) is 0 Å². The highest BCUT2D eigenvalue weighted by atomic mass is 79.9. The molecular weight excluding hydrogens is 306 g/mol. The van der Waals surface area contributed by atoms with Gasteiger partial charge in [-0.1, -0.05) is 19.1 Å². The number of para-hydroxylation sites is 1. The molecule has 1 aromatic rings. The third kappa shape index (κ3) is 3.09. The lowest BCUT2D eigenvalue weighted by Crippen LogP contribution is -2.57. The number of nitrogens with zero attached hydrogens (tertiary/aromatic N) is 1. The van der Waals surface area contributed by atoms with E-state index in [2.05, 4.69) is 33.1 Å². The van der Waals surface area contributed by atoms with Gasteiger partial charge in [-0.15, -0.1) is 0 Å². The van der Waals surface area contributed by atoms with Crippen molar-refractivity contribution in [3.8, 4) is 0 Å². The van der Waals surface area contributed by atoms with E-state index < -0.39 is 5.54 Å². The van der Waals surface area contributed by atoms with Crippen LogP contribution in [0.15, 0.2) is 28.7 Å². The molecule has 0 atom stereocenters. The van der Waals surface area contributed by atoms with Crippen LogP contribution in [0.3, 0.4) is 0 Å². The van der Waals surface area contributed by atoms with Crippen LogP contribution >= 0.6 is 15.9 Å². The summed E-state index contributed by atoms with van der Waals surface area (Å²) in [7, 11) is 0. The molecule has 0 spiro atoms. The Morgan fingerprint density at radius 2 is 2.05 bits per heavy atom. The number of hydrogen-bond acceptors (Lipinski definition) is 3. The van der Waals surface area contributed by atoms with Gasteiger partial charge in [-0.25, -0.2) is 0 Å². The SMILES string of the molecule is CCN1CCC(Nc2ccccc2Br)(C(N)=O)CC1. The summed E-state index contributed by atoms with van der Waals surface area (Å²) >= 11 is 3.50. The highest BCUT2D eigenvalue weighted by Gasteiger charge is 2.39. The molecule has 1 saturated heterocycles. The van der Waals surface area contributed by atoms with E-state index in [0.29, 0.717) is 0 Å². The monoisotopic (exact) mass is 325 g/mol. The average molecular weight is 326 g/mol. The Bertz CT molecular complexity index is 456. The van der Waals surface area contributed by atoms with Gasteiger partial charge in [0.1, 0.15) is 5.54 Å². The molecule has 1 amide bonds. The molecule has 1 fully saturated rings. The zero-order valence-corrected chi connectivity index (χ0v) is 12.7. The van der Waals surface area contributed by atoms with Crippen LogP contribution in [-0.4, -0.2) is 36.0 Å². The molecule has 3 N–H and O–H groups in total. The van der Waals surface area contributed by atoms with Gasteiger partial charge in [-0.3, -0.25) is 4.79 Å². The molecule has 1 aromatic carbocycles. The Kier molecular flexibility index (Phi) is 4.47. The topological polar surface area (TPSA) is 58.4 Å². The van der Waals surface area contributed by atoms with Crippen molar-refractivity contribution < 1.29 is 4.79 Å². The lowest BCUT2D eigenvalue weighted by Gasteiger charge is -2.40. The number of primary amides is 1. The fourth-order valence-electron chi connectivity index (χ4n) is 2.50. The fourth-order valence-corrected chi connectivity index (χ4v) is 2.89. The molecule has 5 heteroatoms. The molecule has 104 valence electrons. The zero-order valence-electron chi connectivity index (χ0n) is 11.2. The Balaban J connectivity index is 2.18. The lowest BCUT2D eigenvalue weighted by molar-refractivity contribution is -0.123. The maximum absolute atomic E-state index is 11.9. The molecule has 2 rings (SSSR count). The van der Waals surface area contributed by atoms with E-state index in [4.69, 9.17) is 5.73 Å². The molecular formula is C14H20BrN3O. The van der Waals surface area contributed by atoms with Crippen LogP contribution in [0.1, 0.15) is 19.8 Å². The summed E-state index contributed by atoms with van der Waals surface area (Å²) in [5, 5.41) is 3.36. The number of anilines is 1. The first kappa shape index (κ1) is 14.3. The average Bonchev–Trinajstić information content (AvgIpc) is 2.42. The van der Waals surface area contributed by atoms with Crippen LogP contribution in [0.5, 0.6) is 0 Å². The number of carbonyl (C=O) groups is 1. The van der Waals surface area contributed by atoms with Crippen LogP contribution in [0.2, 0.25) is 0 Å². The van der Waals surface area contributed by atoms with Crippen LogP contribution in [-0.2, 0) is 4.79 Å². The van der Waals surface area contributed by atoms with E-state index in [1.165, 1.54) is 0 Å². The highest BCUT2D eigenvalue weighted by Crippen LogP contribution is 2.30. The van der Waals surface area contributed by atoms with Crippen molar-refractivity contribution in [2.75, 3.05) is 25.0 Å². The molecule has 1 aliphatic heterocycles. The third-order valence-electron chi connectivity index (χ3n) is 3.88. The summed E-state index contributed by atoms with van der Waals surface area (Å²) in [6.45, 7) is 4.95. The predicted molar refractivity (Wildman–Crippen MR) is 81.0 cm³/mol. The number of likely N-dealkylation sites (tertiary alicyclic amines) is 1. The Labute approximate surface area is 122 Å². The largest absolute Gasteiger partial charge is 0.370 e. The third-order valence-corrected chi connectivity index (χ3v) is 4.57. The van der Waals surface area contributed by atoms with Crippen LogP contribution < -0.4 is 11.1 Å². The van der Waals surface area contributed by atoms with Crippen LogP contribution in [0.25, 0.3) is 0 Å². The second-order valence-electron chi connectivity index (χ2n) is 4.99. The first-order valence-electron chi connectivity index (χ1n) is 6.62. The number of rotatable bonds is 4. The Morgan fingerprint density at radius 1 is 1.42 bits per heavy atom. The first-order valence-corrected chi connectivity index (χ1v) is 7.42. The molecule has 0 aromatic heterocycles. The van der Waals surface area contributed by atoms with Crippen LogP contribution in [0, 0.1) is 0 Å². The summed E-state index contributed by atoms with van der Waals surface area (Å²) in [4.78, 5) is 14.2. The number of benzene rings is 1. The second-order valence-corrected chi connectivity index (χ2v) is 5.84. The fraction of sp³-hybridized carbons (Fsp3) is 0.500. The molecule has 0 saturated carbocycles. The van der Waals surface area contributed by atoms with E-state index in [0.717, 1.165) is 42.6 Å². The number of halogens is 1. The Morgan fingerprint density at radius 3 is 2.58 bits per heavy atom. The van der Waals surface area contributed by atoms with Crippen molar-refractivity contribution in [2.45, 2.75) is 25.3 Å². The molecule has 0 radical (unpaired) electrons. The predicted octanol–water partition coefficient (Wildman–Crippen LogP) is 2.20. The molecule has 0 bridgehead atoms. The molecule has 0 unspecified atom stereocenters. The zero-order chi connectivity index (χ0) is 13.9. The van der Waals surface area contributed by atoms with Gasteiger partial charge in [0.05, 0.1) is 0 Å². The van der Waals surface area contributed by atoms with Gasteiger partial charge >= 0.3 is 0 Å². The minimum Gasteiger partial charge on any atom is -0.370 e. The van der Waals surface area contributed by atoms with Gasteiger partial charge in [-0.05, 0) is 47.4 Å². The summed E-state index contributed by atoms with van der Waals surface area (Å²) in [5.41, 5.74) is 5.94. The van der Waals surface area contributed by atoms with Gasteiger partial charge in [0.2, 0.25) is 5.91 Å². The van der Waals surface area contributed by atoms with Gasteiger partial charge in [0.25, 0.3) is 0 Å². The summed E-state index contributed by atoms with van der Waals surface area (Å²) in [5.74, 6) is -0.265. The molecule has 4 nitrogen and oxygen atoms in total.